The summed E-state index contributed by atoms with van der Waals surface area (Å²) in [6.45, 7) is 1.92. The zero-order chi connectivity index (χ0) is 9.26. The van der Waals surface area contributed by atoms with Crippen molar-refractivity contribution in [2.75, 3.05) is 0 Å². The zero-order valence-corrected chi connectivity index (χ0v) is 7.45. The second kappa shape index (κ2) is 3.18. The maximum Gasteiger partial charge on any atom is 0.238 e. The average Bonchev–Trinajstić information content (AvgIpc) is 2.49. The van der Waals surface area contributed by atoms with Crippen molar-refractivity contribution in [1.29, 1.82) is 0 Å². The second-order valence-corrected chi connectivity index (χ2v) is 3.31. The Morgan fingerprint density at radius 1 is 1.23 bits per heavy atom. The Morgan fingerprint density at radius 2 is 1.92 bits per heavy atom. The van der Waals surface area contributed by atoms with Crippen molar-refractivity contribution in [3.8, 4) is 0 Å². The lowest BCUT2D eigenvalue weighted by atomic mass is 9.96. The van der Waals surface area contributed by atoms with E-state index in [1.165, 1.54) is 0 Å². The fourth-order valence-electron chi connectivity index (χ4n) is 1.57. The quantitative estimate of drug-likeness (QED) is 0.670. The van der Waals surface area contributed by atoms with Crippen molar-refractivity contribution in [3.63, 3.8) is 0 Å². The maximum absolute atomic E-state index is 11.2. The van der Waals surface area contributed by atoms with E-state index in [0.717, 1.165) is 5.56 Å². The van der Waals surface area contributed by atoms with Gasteiger partial charge in [-0.3, -0.25) is 10.2 Å². The Kier molecular flexibility index (Phi) is 2.02. The summed E-state index contributed by atoms with van der Waals surface area (Å²) in [5.41, 5.74) is 6.75. The molecule has 1 aliphatic heterocycles. The van der Waals surface area contributed by atoms with E-state index < -0.39 is 0 Å². The van der Waals surface area contributed by atoms with Crippen molar-refractivity contribution in [2.45, 2.75) is 13.0 Å². The van der Waals surface area contributed by atoms with Crippen LogP contribution in [-0.4, -0.2) is 5.91 Å². The molecule has 0 radical (unpaired) electrons. The van der Waals surface area contributed by atoms with Crippen LogP contribution in [0.2, 0.25) is 0 Å². The fourth-order valence-corrected chi connectivity index (χ4v) is 1.57. The number of hydrogen-bond donors (Lipinski definition) is 2. The van der Waals surface area contributed by atoms with Gasteiger partial charge in [0.2, 0.25) is 5.91 Å². The molecule has 1 heterocycles. The lowest BCUT2D eigenvalue weighted by Crippen LogP contribution is -2.27. The zero-order valence-electron chi connectivity index (χ0n) is 7.45. The molecule has 0 aromatic heterocycles. The molecule has 1 saturated heterocycles. The predicted molar refractivity (Wildman–Crippen MR) is 49.6 cm³/mol. The molecule has 0 bridgehead atoms. The third kappa shape index (κ3) is 1.42. The van der Waals surface area contributed by atoms with E-state index in [4.69, 9.17) is 0 Å². The van der Waals surface area contributed by atoms with Gasteiger partial charge in [-0.25, -0.2) is 5.43 Å². The highest BCUT2D eigenvalue weighted by atomic mass is 16.2. The molecule has 2 unspecified atom stereocenters. The third-order valence-electron chi connectivity index (χ3n) is 2.42. The summed E-state index contributed by atoms with van der Waals surface area (Å²) in [6, 6.07) is 10.1. The smallest absolute Gasteiger partial charge is 0.238 e. The SMILES string of the molecule is CC1C(=O)NNC1c1ccccc1. The molecule has 2 N–H and O–H groups in total. The Balaban J connectivity index is 2.24. The molecule has 0 saturated carbocycles. The van der Waals surface area contributed by atoms with Gasteiger partial charge >= 0.3 is 0 Å². The summed E-state index contributed by atoms with van der Waals surface area (Å²) in [4.78, 5) is 11.2. The number of carbonyl (C=O) groups excluding carboxylic acids is 1. The Morgan fingerprint density at radius 3 is 2.46 bits per heavy atom. The summed E-state index contributed by atoms with van der Waals surface area (Å²) in [6.07, 6.45) is 0. The first-order valence-electron chi connectivity index (χ1n) is 4.39. The predicted octanol–water partition coefficient (Wildman–Crippen LogP) is 0.998. The van der Waals surface area contributed by atoms with E-state index in [0.29, 0.717) is 0 Å². The lowest BCUT2D eigenvalue weighted by Gasteiger charge is -2.12. The molecule has 0 spiro atoms. The summed E-state index contributed by atoms with van der Waals surface area (Å²) >= 11 is 0. The number of carbonyl (C=O) groups is 1. The fraction of sp³-hybridized carbons (Fsp3) is 0.300. The first-order chi connectivity index (χ1) is 6.29. The molecule has 1 fully saturated rings. The molecule has 1 aromatic rings. The van der Waals surface area contributed by atoms with E-state index in [2.05, 4.69) is 10.9 Å². The largest absolute Gasteiger partial charge is 0.291 e. The molecule has 1 aromatic carbocycles. The molecule has 68 valence electrons. The van der Waals surface area contributed by atoms with Gasteiger partial charge in [-0.05, 0) is 5.56 Å². The molecular formula is C10H12N2O. The van der Waals surface area contributed by atoms with Crippen molar-refractivity contribution in [2.24, 2.45) is 5.92 Å². The van der Waals surface area contributed by atoms with Gasteiger partial charge in [0.1, 0.15) is 0 Å². The van der Waals surface area contributed by atoms with Crippen LogP contribution in [0.1, 0.15) is 18.5 Å². The second-order valence-electron chi connectivity index (χ2n) is 3.31. The molecule has 2 rings (SSSR count). The standard InChI is InChI=1S/C10H12N2O/c1-7-9(11-12-10(7)13)8-5-3-2-4-6-8/h2-7,9,11H,1H3,(H,12,13). The summed E-state index contributed by atoms with van der Waals surface area (Å²) in [7, 11) is 0. The van der Waals surface area contributed by atoms with Gasteiger partial charge in [0.15, 0.2) is 0 Å². The minimum Gasteiger partial charge on any atom is -0.291 e. The van der Waals surface area contributed by atoms with E-state index in [-0.39, 0.29) is 17.9 Å². The Bertz CT molecular complexity index is 310. The van der Waals surface area contributed by atoms with Crippen LogP contribution in [0.25, 0.3) is 0 Å². The van der Waals surface area contributed by atoms with E-state index in [1.807, 2.05) is 37.3 Å². The van der Waals surface area contributed by atoms with Crippen LogP contribution >= 0.6 is 0 Å². The van der Waals surface area contributed by atoms with E-state index in [1.54, 1.807) is 0 Å². The molecule has 13 heavy (non-hydrogen) atoms. The number of hydrazine groups is 1. The third-order valence-corrected chi connectivity index (χ3v) is 2.42. The highest BCUT2D eigenvalue weighted by molar-refractivity contribution is 5.80. The number of rotatable bonds is 1. The van der Waals surface area contributed by atoms with Gasteiger partial charge in [0.05, 0.1) is 12.0 Å². The number of nitrogens with one attached hydrogen (secondary N) is 2. The lowest BCUT2D eigenvalue weighted by molar-refractivity contribution is -0.122. The molecule has 0 aliphatic carbocycles. The topological polar surface area (TPSA) is 41.1 Å². The van der Waals surface area contributed by atoms with Crippen molar-refractivity contribution in [3.05, 3.63) is 35.9 Å². The normalized spacial score (nSPS) is 27.3. The molecule has 2 atom stereocenters. The minimum absolute atomic E-state index is 0.00222. The first kappa shape index (κ1) is 8.26. The minimum atomic E-state index is 0.00222. The van der Waals surface area contributed by atoms with Gasteiger partial charge in [0, 0.05) is 0 Å². The molecule has 1 amide bonds. The van der Waals surface area contributed by atoms with Crippen molar-refractivity contribution < 1.29 is 4.79 Å². The maximum atomic E-state index is 11.2. The number of amides is 1. The summed E-state index contributed by atoms with van der Waals surface area (Å²) < 4.78 is 0. The van der Waals surface area contributed by atoms with Crippen molar-refractivity contribution in [1.82, 2.24) is 10.9 Å². The highest BCUT2D eigenvalue weighted by Crippen LogP contribution is 2.24. The summed E-state index contributed by atoms with van der Waals surface area (Å²) in [5, 5.41) is 0. The van der Waals surface area contributed by atoms with Crippen LogP contribution in [0.5, 0.6) is 0 Å². The van der Waals surface area contributed by atoms with Gasteiger partial charge in [-0.2, -0.15) is 0 Å². The van der Waals surface area contributed by atoms with Gasteiger partial charge in [-0.15, -0.1) is 0 Å². The van der Waals surface area contributed by atoms with E-state index in [9.17, 15) is 4.79 Å². The van der Waals surface area contributed by atoms with Gasteiger partial charge in [0.25, 0.3) is 0 Å². The van der Waals surface area contributed by atoms with Gasteiger partial charge in [-0.1, -0.05) is 37.3 Å². The van der Waals surface area contributed by atoms with Crippen molar-refractivity contribution >= 4 is 5.91 Å². The van der Waals surface area contributed by atoms with Crippen LogP contribution in [-0.2, 0) is 4.79 Å². The monoisotopic (exact) mass is 176 g/mol. The number of benzene rings is 1. The number of hydrogen-bond acceptors (Lipinski definition) is 2. The van der Waals surface area contributed by atoms with Crippen LogP contribution in [0, 0.1) is 5.92 Å². The molecule has 3 nitrogen and oxygen atoms in total. The van der Waals surface area contributed by atoms with Gasteiger partial charge < -0.3 is 0 Å². The van der Waals surface area contributed by atoms with E-state index >= 15 is 0 Å². The highest BCUT2D eigenvalue weighted by Gasteiger charge is 2.31. The molecule has 1 aliphatic rings. The van der Waals surface area contributed by atoms with Crippen LogP contribution in [0.15, 0.2) is 30.3 Å². The first-order valence-corrected chi connectivity index (χ1v) is 4.39. The Labute approximate surface area is 77.1 Å². The van der Waals surface area contributed by atoms with Crippen LogP contribution in [0.3, 0.4) is 0 Å². The summed E-state index contributed by atoms with van der Waals surface area (Å²) in [5.74, 6) is 0.0660. The van der Waals surface area contributed by atoms with Crippen LogP contribution in [0.4, 0.5) is 0 Å². The average molecular weight is 176 g/mol. The van der Waals surface area contributed by atoms with Crippen LogP contribution < -0.4 is 10.9 Å². The molecule has 3 heteroatoms. The Hall–Kier alpha value is -1.35. The molecular weight excluding hydrogens is 164 g/mol.